The SMILES string of the molecule is C1C[SiH2]SC1. The van der Waals surface area contributed by atoms with Gasteiger partial charge in [-0.2, -0.15) is 11.2 Å². The van der Waals surface area contributed by atoms with Crippen LogP contribution < -0.4 is 0 Å². The molecule has 0 unspecified atom stereocenters. The van der Waals surface area contributed by atoms with Crippen molar-refractivity contribution in [2.75, 3.05) is 5.75 Å². The van der Waals surface area contributed by atoms with E-state index in [0.29, 0.717) is 8.67 Å². The average Bonchev–Trinajstić information content (AvgIpc) is 1.76. The van der Waals surface area contributed by atoms with E-state index in [1.165, 1.54) is 12.2 Å². The Hall–Kier alpha value is 0.567. The molecule has 0 amide bonds. The Labute approximate surface area is 38.8 Å². The van der Waals surface area contributed by atoms with Crippen LogP contribution in [0, 0.1) is 0 Å². The summed E-state index contributed by atoms with van der Waals surface area (Å²) in [6, 6.07) is 1.60. The lowest BCUT2D eigenvalue weighted by atomic mass is 10.6. The lowest BCUT2D eigenvalue weighted by Crippen LogP contribution is -1.61. The molecular formula is C3H8SSi. The van der Waals surface area contributed by atoms with Crippen LogP contribution in [-0.2, 0) is 0 Å². The highest BCUT2D eigenvalue weighted by Gasteiger charge is 1.96. The first-order chi connectivity index (χ1) is 2.50. The van der Waals surface area contributed by atoms with E-state index in [1.54, 1.807) is 6.04 Å². The molecule has 0 bridgehead atoms. The third-order valence-electron chi connectivity index (χ3n) is 0.827. The third-order valence-corrected chi connectivity index (χ3v) is 5.08. The van der Waals surface area contributed by atoms with Gasteiger partial charge in [0.25, 0.3) is 0 Å². The topological polar surface area (TPSA) is 0 Å². The van der Waals surface area contributed by atoms with Crippen LogP contribution in [0.2, 0.25) is 6.04 Å². The van der Waals surface area contributed by atoms with Crippen LogP contribution in [0.4, 0.5) is 0 Å². The van der Waals surface area contributed by atoms with Gasteiger partial charge in [0.1, 0.15) is 0 Å². The molecule has 1 heterocycles. The third kappa shape index (κ3) is 0.971. The molecule has 0 atom stereocenters. The maximum atomic E-state index is 2.21. The molecule has 1 aliphatic rings. The molecular weight excluding hydrogens is 96.2 g/mol. The Bertz CT molecular complexity index is 18.5. The standard InChI is InChI=1S/C3H8SSi/c1-2-4-5-3-1/h1-3,5H2. The van der Waals surface area contributed by atoms with Crippen molar-refractivity contribution in [3.63, 3.8) is 0 Å². The fourth-order valence-corrected chi connectivity index (χ4v) is 4.59. The Balaban J connectivity index is 2.08. The highest BCUT2D eigenvalue weighted by atomic mass is 32.4. The molecule has 0 aliphatic carbocycles. The largest absolute Gasteiger partial charge is 0.194 e. The average molecular weight is 104 g/mol. The predicted molar refractivity (Wildman–Crippen MR) is 30.4 cm³/mol. The van der Waals surface area contributed by atoms with E-state index in [0.717, 1.165) is 0 Å². The van der Waals surface area contributed by atoms with E-state index < -0.39 is 0 Å². The van der Waals surface area contributed by atoms with E-state index in [2.05, 4.69) is 11.2 Å². The van der Waals surface area contributed by atoms with Crippen molar-refractivity contribution in [1.82, 2.24) is 0 Å². The molecule has 1 aliphatic heterocycles. The minimum Gasteiger partial charge on any atom is -0.194 e. The Morgan fingerprint density at radius 1 is 1.60 bits per heavy atom. The number of rotatable bonds is 0. The smallest absolute Gasteiger partial charge is 0.0854 e. The van der Waals surface area contributed by atoms with E-state index in [9.17, 15) is 0 Å². The first kappa shape index (κ1) is 3.75. The summed E-state index contributed by atoms with van der Waals surface area (Å²) in [6.45, 7) is 0. The fraction of sp³-hybridized carbons (Fsp3) is 1.00. The van der Waals surface area contributed by atoms with Gasteiger partial charge >= 0.3 is 0 Å². The van der Waals surface area contributed by atoms with Crippen LogP contribution in [-0.4, -0.2) is 14.4 Å². The summed E-state index contributed by atoms with van der Waals surface area (Å²) in [5, 5.41) is 0. The predicted octanol–water partition coefficient (Wildman–Crippen LogP) is 0.625. The fourth-order valence-electron chi connectivity index (χ4n) is 0.510. The molecule has 0 saturated carbocycles. The molecule has 1 rings (SSSR count). The van der Waals surface area contributed by atoms with Crippen molar-refractivity contribution in [3.8, 4) is 0 Å². The number of hydrogen-bond acceptors (Lipinski definition) is 1. The minimum atomic E-state index is 0.460. The summed E-state index contributed by atoms with van der Waals surface area (Å²) < 4.78 is 0. The van der Waals surface area contributed by atoms with Gasteiger partial charge in [-0.05, 0) is 12.2 Å². The molecule has 1 fully saturated rings. The zero-order valence-electron chi connectivity index (χ0n) is 3.24. The molecule has 0 radical (unpaired) electrons. The lowest BCUT2D eigenvalue weighted by Gasteiger charge is -1.69. The van der Waals surface area contributed by atoms with Crippen LogP contribution in [0.15, 0.2) is 0 Å². The van der Waals surface area contributed by atoms with Gasteiger partial charge < -0.3 is 0 Å². The lowest BCUT2D eigenvalue weighted by molar-refractivity contribution is 1.12. The normalized spacial score (nSPS) is 28.8. The van der Waals surface area contributed by atoms with Crippen molar-refractivity contribution in [2.24, 2.45) is 0 Å². The van der Waals surface area contributed by atoms with Gasteiger partial charge in [0.2, 0.25) is 0 Å². The summed E-state index contributed by atoms with van der Waals surface area (Å²) in [4.78, 5) is 0. The first-order valence-electron chi connectivity index (χ1n) is 2.08. The molecule has 1 saturated heterocycles. The summed E-state index contributed by atoms with van der Waals surface area (Å²) >= 11 is 2.21. The van der Waals surface area contributed by atoms with Gasteiger partial charge in [-0.3, -0.25) is 0 Å². The Morgan fingerprint density at radius 2 is 2.60 bits per heavy atom. The summed E-state index contributed by atoms with van der Waals surface area (Å²) in [5.74, 6) is 1.48. The zero-order chi connectivity index (χ0) is 3.54. The van der Waals surface area contributed by atoms with Gasteiger partial charge in [0.15, 0.2) is 0 Å². The highest BCUT2D eigenvalue weighted by molar-refractivity contribution is 8.22. The van der Waals surface area contributed by atoms with Crippen molar-refractivity contribution in [3.05, 3.63) is 0 Å². The van der Waals surface area contributed by atoms with E-state index in [-0.39, 0.29) is 0 Å². The maximum Gasteiger partial charge on any atom is 0.0854 e. The molecule has 0 aromatic rings. The van der Waals surface area contributed by atoms with Crippen molar-refractivity contribution in [1.29, 1.82) is 0 Å². The summed E-state index contributed by atoms with van der Waals surface area (Å²) in [5.41, 5.74) is 0. The molecule has 0 spiro atoms. The van der Waals surface area contributed by atoms with E-state index in [4.69, 9.17) is 0 Å². The van der Waals surface area contributed by atoms with Crippen LogP contribution in [0.25, 0.3) is 0 Å². The van der Waals surface area contributed by atoms with Gasteiger partial charge in [-0.15, -0.1) is 0 Å². The molecule has 0 aromatic heterocycles. The van der Waals surface area contributed by atoms with Crippen LogP contribution in [0.1, 0.15) is 6.42 Å². The van der Waals surface area contributed by atoms with Crippen molar-refractivity contribution < 1.29 is 0 Å². The first-order valence-corrected chi connectivity index (χ1v) is 5.96. The second-order valence-corrected chi connectivity index (χ2v) is 5.70. The molecule has 0 aromatic carbocycles. The minimum absolute atomic E-state index is 0.460. The van der Waals surface area contributed by atoms with Gasteiger partial charge in [-0.25, -0.2) is 0 Å². The van der Waals surface area contributed by atoms with Gasteiger partial charge in [0.05, 0.1) is 8.67 Å². The monoisotopic (exact) mass is 104 g/mol. The van der Waals surface area contributed by atoms with Crippen LogP contribution in [0.5, 0.6) is 0 Å². The van der Waals surface area contributed by atoms with Gasteiger partial charge in [0, 0.05) is 0 Å². The quantitative estimate of drug-likeness (QED) is 0.406. The number of hydrogen-bond donors (Lipinski definition) is 0. The molecule has 0 N–H and O–H groups in total. The van der Waals surface area contributed by atoms with Crippen molar-refractivity contribution >= 4 is 19.9 Å². The highest BCUT2D eigenvalue weighted by Crippen LogP contribution is 2.13. The summed E-state index contributed by atoms with van der Waals surface area (Å²) in [6.07, 6.45) is 1.52. The molecule has 0 nitrogen and oxygen atoms in total. The van der Waals surface area contributed by atoms with E-state index >= 15 is 0 Å². The maximum absolute atomic E-state index is 2.21. The van der Waals surface area contributed by atoms with Crippen molar-refractivity contribution in [2.45, 2.75) is 12.5 Å². The Kier molecular flexibility index (Phi) is 1.40. The zero-order valence-corrected chi connectivity index (χ0v) is 5.47. The second-order valence-electron chi connectivity index (χ2n) is 1.32. The summed E-state index contributed by atoms with van der Waals surface area (Å²) in [7, 11) is 0.460. The van der Waals surface area contributed by atoms with Crippen LogP contribution in [0.3, 0.4) is 0 Å². The van der Waals surface area contributed by atoms with Crippen LogP contribution >= 0.6 is 11.2 Å². The Morgan fingerprint density at radius 3 is 2.80 bits per heavy atom. The van der Waals surface area contributed by atoms with E-state index in [1.807, 2.05) is 0 Å². The van der Waals surface area contributed by atoms with Gasteiger partial charge in [-0.1, -0.05) is 6.04 Å². The molecule has 30 valence electrons. The molecule has 2 heteroatoms. The molecule has 5 heavy (non-hydrogen) atoms. The second kappa shape index (κ2) is 1.87.